The van der Waals surface area contributed by atoms with Crippen LogP contribution in [0.25, 0.3) is 0 Å². The Hall–Kier alpha value is -1.48. The summed E-state index contributed by atoms with van der Waals surface area (Å²) in [7, 11) is 0. The lowest BCUT2D eigenvalue weighted by Crippen LogP contribution is -2.66. The predicted molar refractivity (Wildman–Crippen MR) is 69.2 cm³/mol. The number of carbonyl (C=O) groups excluding carboxylic acids is 1. The molecule has 1 N–H and O–H groups in total. The van der Waals surface area contributed by atoms with E-state index in [0.717, 1.165) is 19.3 Å². The van der Waals surface area contributed by atoms with E-state index in [9.17, 15) is 35.9 Å². The van der Waals surface area contributed by atoms with Crippen LogP contribution >= 0.6 is 0 Å². The second kappa shape index (κ2) is 5.26. The van der Waals surface area contributed by atoms with Gasteiger partial charge in [0.05, 0.1) is 5.41 Å². The van der Waals surface area contributed by atoms with Gasteiger partial charge < -0.3 is 9.84 Å². The standard InChI is InChI=1S/C15H16F6O4/c16-14(17,18)13(10(22)23,15(19,20)21)25-11(24)12-4-7-1-8(5-12)3-9(2-7)6-12/h7-9H,1-6H2,(H,22,23). The van der Waals surface area contributed by atoms with Crippen LogP contribution in [-0.2, 0) is 14.3 Å². The van der Waals surface area contributed by atoms with E-state index >= 15 is 0 Å². The van der Waals surface area contributed by atoms with Gasteiger partial charge in [-0.25, -0.2) is 4.79 Å². The highest BCUT2D eigenvalue weighted by Gasteiger charge is 2.80. The van der Waals surface area contributed by atoms with Gasteiger partial charge in [0, 0.05) is 0 Å². The van der Waals surface area contributed by atoms with E-state index in [1.165, 1.54) is 0 Å². The van der Waals surface area contributed by atoms with Crippen molar-refractivity contribution in [3.63, 3.8) is 0 Å². The van der Waals surface area contributed by atoms with Gasteiger partial charge in [-0.3, -0.25) is 4.79 Å². The zero-order chi connectivity index (χ0) is 18.8. The number of carboxylic acids is 1. The first-order valence-electron chi connectivity index (χ1n) is 7.91. The number of carboxylic acid groups (broad SMARTS) is 1. The monoisotopic (exact) mass is 374 g/mol. The molecule has 0 heterocycles. The smallest absolute Gasteiger partial charge is 0.449 e. The van der Waals surface area contributed by atoms with Crippen molar-refractivity contribution in [2.75, 3.05) is 0 Å². The molecule has 0 atom stereocenters. The number of rotatable bonds is 3. The summed E-state index contributed by atoms with van der Waals surface area (Å²) in [6, 6.07) is 0. The lowest BCUT2D eigenvalue weighted by atomic mass is 9.49. The number of hydrogen-bond acceptors (Lipinski definition) is 3. The highest BCUT2D eigenvalue weighted by molar-refractivity contribution is 5.86. The number of esters is 1. The number of hydrogen-bond donors (Lipinski definition) is 1. The minimum Gasteiger partial charge on any atom is -0.478 e. The van der Waals surface area contributed by atoms with Crippen LogP contribution in [0.1, 0.15) is 38.5 Å². The van der Waals surface area contributed by atoms with Crippen molar-refractivity contribution < 1.29 is 45.8 Å². The molecule has 0 aromatic carbocycles. The summed E-state index contributed by atoms with van der Waals surface area (Å²) in [6.07, 6.45) is -9.78. The lowest BCUT2D eigenvalue weighted by Gasteiger charge is -2.55. The number of carbonyl (C=O) groups is 2. The largest absolute Gasteiger partial charge is 0.478 e. The first-order chi connectivity index (χ1) is 11.3. The molecule has 0 spiro atoms. The van der Waals surface area contributed by atoms with Gasteiger partial charge in [0.15, 0.2) is 0 Å². The third-order valence-corrected chi connectivity index (χ3v) is 5.82. The Morgan fingerprint density at radius 3 is 1.48 bits per heavy atom. The van der Waals surface area contributed by atoms with E-state index in [4.69, 9.17) is 5.11 Å². The highest BCUT2D eigenvalue weighted by atomic mass is 19.4. The molecule has 0 unspecified atom stereocenters. The fourth-order valence-electron chi connectivity index (χ4n) is 5.17. The highest BCUT2D eigenvalue weighted by Crippen LogP contribution is 2.61. The Balaban J connectivity index is 1.95. The molecule has 4 nitrogen and oxygen atoms in total. The second-order valence-corrected chi connectivity index (χ2v) is 7.57. The van der Waals surface area contributed by atoms with Crippen LogP contribution in [0.3, 0.4) is 0 Å². The van der Waals surface area contributed by atoms with Gasteiger partial charge in [0.1, 0.15) is 0 Å². The average molecular weight is 374 g/mol. The lowest BCUT2D eigenvalue weighted by molar-refractivity contribution is -0.360. The van der Waals surface area contributed by atoms with E-state index in [-0.39, 0.29) is 37.0 Å². The van der Waals surface area contributed by atoms with Gasteiger partial charge in [-0.1, -0.05) is 0 Å². The molecule has 0 aromatic rings. The molecule has 25 heavy (non-hydrogen) atoms. The van der Waals surface area contributed by atoms with Crippen LogP contribution in [0, 0.1) is 23.2 Å². The first kappa shape index (κ1) is 18.3. The molecule has 4 bridgehead atoms. The van der Waals surface area contributed by atoms with Crippen molar-refractivity contribution in [3.8, 4) is 0 Å². The normalized spacial score (nSPS) is 34.9. The molecule has 10 heteroatoms. The minimum atomic E-state index is -6.32. The molecule has 142 valence electrons. The van der Waals surface area contributed by atoms with Gasteiger partial charge >= 0.3 is 29.9 Å². The molecular formula is C15H16F6O4. The SMILES string of the molecule is O=C(OC(C(=O)O)(C(F)(F)F)C(F)(F)F)C12CC3CC(CC(C3)C1)C2. The third-order valence-electron chi connectivity index (χ3n) is 5.82. The van der Waals surface area contributed by atoms with Crippen LogP contribution in [0.15, 0.2) is 0 Å². The quantitative estimate of drug-likeness (QED) is 0.605. The van der Waals surface area contributed by atoms with Crippen molar-refractivity contribution in [2.45, 2.75) is 56.5 Å². The Kier molecular flexibility index (Phi) is 3.85. The Labute approximate surface area is 138 Å². The van der Waals surface area contributed by atoms with Crippen LogP contribution in [0.5, 0.6) is 0 Å². The van der Waals surface area contributed by atoms with Crippen molar-refractivity contribution in [1.82, 2.24) is 0 Å². The van der Waals surface area contributed by atoms with Crippen LogP contribution in [0.2, 0.25) is 0 Å². The maximum absolute atomic E-state index is 13.1. The molecule has 4 rings (SSSR count). The maximum Gasteiger partial charge on any atom is 0.449 e. The van der Waals surface area contributed by atoms with Gasteiger partial charge in [0.25, 0.3) is 0 Å². The van der Waals surface area contributed by atoms with Crippen LogP contribution < -0.4 is 0 Å². The molecule has 0 radical (unpaired) electrons. The minimum absolute atomic E-state index is 0.0646. The summed E-state index contributed by atoms with van der Waals surface area (Å²) < 4.78 is 82.3. The summed E-state index contributed by atoms with van der Waals surface area (Å²) in [4.78, 5) is 23.4. The molecule has 0 aromatic heterocycles. The van der Waals surface area contributed by atoms with Crippen LogP contribution in [0.4, 0.5) is 26.3 Å². The summed E-state index contributed by atoms with van der Waals surface area (Å²) in [6.45, 7) is 0. The number of alkyl halides is 6. The summed E-state index contributed by atoms with van der Waals surface area (Å²) in [5, 5.41) is 8.71. The molecule has 0 aliphatic heterocycles. The van der Waals surface area contributed by atoms with Crippen molar-refractivity contribution in [3.05, 3.63) is 0 Å². The summed E-state index contributed by atoms with van der Waals surface area (Å²) in [5.41, 5.74) is -6.98. The van der Waals surface area contributed by atoms with Gasteiger partial charge in [-0.05, 0) is 56.3 Å². The second-order valence-electron chi connectivity index (χ2n) is 7.57. The number of ether oxygens (including phenoxy) is 1. The Morgan fingerprint density at radius 2 is 1.20 bits per heavy atom. The van der Waals surface area contributed by atoms with Gasteiger partial charge in [0.2, 0.25) is 0 Å². The zero-order valence-corrected chi connectivity index (χ0v) is 12.9. The summed E-state index contributed by atoms with van der Waals surface area (Å²) in [5.74, 6) is -4.78. The van der Waals surface area contributed by atoms with E-state index in [0.29, 0.717) is 0 Å². The van der Waals surface area contributed by atoms with Crippen molar-refractivity contribution in [1.29, 1.82) is 0 Å². The average Bonchev–Trinajstić information content (AvgIpc) is 2.39. The molecule has 4 aliphatic carbocycles. The molecular weight excluding hydrogens is 358 g/mol. The van der Waals surface area contributed by atoms with Crippen molar-refractivity contribution >= 4 is 11.9 Å². The van der Waals surface area contributed by atoms with E-state index in [2.05, 4.69) is 4.74 Å². The Morgan fingerprint density at radius 1 is 0.840 bits per heavy atom. The fourth-order valence-corrected chi connectivity index (χ4v) is 5.17. The molecule has 4 aliphatic rings. The van der Waals surface area contributed by atoms with Gasteiger partial charge in [-0.15, -0.1) is 0 Å². The fraction of sp³-hybridized carbons (Fsp3) is 0.867. The Bertz CT molecular complexity index is 545. The zero-order valence-electron chi connectivity index (χ0n) is 12.9. The molecule has 0 amide bonds. The van der Waals surface area contributed by atoms with E-state index in [1.807, 2.05) is 0 Å². The number of aliphatic carboxylic acids is 1. The predicted octanol–water partition coefficient (Wildman–Crippen LogP) is 3.69. The van der Waals surface area contributed by atoms with E-state index in [1.54, 1.807) is 0 Å². The number of halogens is 6. The molecule has 0 saturated heterocycles. The maximum atomic E-state index is 13.1. The van der Waals surface area contributed by atoms with Gasteiger partial charge in [-0.2, -0.15) is 26.3 Å². The summed E-state index contributed by atoms with van der Waals surface area (Å²) >= 11 is 0. The molecule has 4 saturated carbocycles. The van der Waals surface area contributed by atoms with Crippen molar-refractivity contribution in [2.24, 2.45) is 23.2 Å². The molecule has 4 fully saturated rings. The van der Waals surface area contributed by atoms with Crippen LogP contribution in [-0.4, -0.2) is 35.0 Å². The van der Waals surface area contributed by atoms with E-state index < -0.39 is 35.3 Å². The third kappa shape index (κ3) is 2.59. The first-order valence-corrected chi connectivity index (χ1v) is 7.91. The topological polar surface area (TPSA) is 63.6 Å².